The number of fused-ring (bicyclic) bond motifs is 1. The van der Waals surface area contributed by atoms with Crippen LogP contribution in [0.5, 0.6) is 0 Å². The summed E-state index contributed by atoms with van der Waals surface area (Å²) in [6, 6.07) is 9.68. The van der Waals surface area contributed by atoms with E-state index in [1.165, 1.54) is 0 Å². The fraction of sp³-hybridized carbons (Fsp3) is 0.500. The number of ether oxygens (including phenoxy) is 1. The van der Waals surface area contributed by atoms with Gasteiger partial charge < -0.3 is 14.7 Å². The summed E-state index contributed by atoms with van der Waals surface area (Å²) >= 11 is 0. The Morgan fingerprint density at radius 3 is 2.56 bits per heavy atom. The van der Waals surface area contributed by atoms with Gasteiger partial charge in [0.05, 0.1) is 0 Å². The maximum Gasteiger partial charge on any atom is 0.410 e. The van der Waals surface area contributed by atoms with Crippen LogP contribution >= 0.6 is 0 Å². The molecule has 1 heterocycles. The SMILES string of the molecule is O=C(OCc1ccccc1)N1CC2C(CO)C2C1. The Labute approximate surface area is 106 Å². The lowest BCUT2D eigenvalue weighted by atomic mass is 10.2. The number of likely N-dealkylation sites (tertiary alicyclic amines) is 1. The molecule has 1 amide bonds. The number of piperidine rings is 1. The molecule has 1 saturated carbocycles. The topological polar surface area (TPSA) is 49.8 Å². The number of rotatable bonds is 3. The van der Waals surface area contributed by atoms with Gasteiger partial charge in [-0.3, -0.25) is 0 Å². The van der Waals surface area contributed by atoms with Crippen molar-refractivity contribution in [2.45, 2.75) is 6.61 Å². The van der Waals surface area contributed by atoms with E-state index >= 15 is 0 Å². The monoisotopic (exact) mass is 247 g/mol. The lowest BCUT2D eigenvalue weighted by Crippen LogP contribution is -2.32. The molecule has 2 atom stereocenters. The molecule has 1 N–H and O–H groups in total. The minimum absolute atomic E-state index is 0.234. The molecule has 1 aromatic rings. The van der Waals surface area contributed by atoms with Crippen LogP contribution in [0.2, 0.25) is 0 Å². The average Bonchev–Trinajstić information content (AvgIpc) is 2.88. The highest BCUT2D eigenvalue weighted by molar-refractivity contribution is 5.68. The fourth-order valence-corrected chi connectivity index (χ4v) is 2.88. The third-order valence-corrected chi connectivity index (χ3v) is 4.05. The van der Waals surface area contributed by atoms with Crippen molar-refractivity contribution < 1.29 is 14.6 Å². The summed E-state index contributed by atoms with van der Waals surface area (Å²) in [7, 11) is 0. The fourth-order valence-electron chi connectivity index (χ4n) is 2.88. The summed E-state index contributed by atoms with van der Waals surface area (Å²) in [6.07, 6.45) is -0.234. The average molecular weight is 247 g/mol. The Kier molecular flexibility index (Phi) is 2.96. The van der Waals surface area contributed by atoms with Crippen LogP contribution in [0, 0.1) is 17.8 Å². The molecule has 0 aromatic heterocycles. The Morgan fingerprint density at radius 1 is 1.28 bits per heavy atom. The van der Waals surface area contributed by atoms with Gasteiger partial charge in [-0.05, 0) is 23.3 Å². The molecule has 2 unspecified atom stereocenters. The second-order valence-corrected chi connectivity index (χ2v) is 5.12. The second-order valence-electron chi connectivity index (χ2n) is 5.12. The zero-order valence-electron chi connectivity index (χ0n) is 10.2. The van der Waals surface area contributed by atoms with Crippen molar-refractivity contribution in [2.75, 3.05) is 19.7 Å². The molecule has 2 aliphatic rings. The molecule has 0 radical (unpaired) electrons. The Morgan fingerprint density at radius 2 is 1.94 bits per heavy atom. The number of aliphatic hydroxyl groups is 1. The van der Waals surface area contributed by atoms with E-state index in [2.05, 4.69) is 0 Å². The molecule has 4 heteroatoms. The molecule has 3 rings (SSSR count). The van der Waals surface area contributed by atoms with Gasteiger partial charge in [-0.25, -0.2) is 4.79 Å². The number of benzene rings is 1. The van der Waals surface area contributed by atoms with Gasteiger partial charge in [0.15, 0.2) is 0 Å². The molecule has 96 valence electrons. The number of hydrogen-bond acceptors (Lipinski definition) is 3. The number of carbonyl (C=O) groups is 1. The number of aliphatic hydroxyl groups excluding tert-OH is 1. The third kappa shape index (κ3) is 2.08. The van der Waals surface area contributed by atoms with E-state index in [4.69, 9.17) is 9.84 Å². The van der Waals surface area contributed by atoms with E-state index in [9.17, 15) is 4.79 Å². The van der Waals surface area contributed by atoms with Gasteiger partial charge in [0.25, 0.3) is 0 Å². The first-order valence-electron chi connectivity index (χ1n) is 6.36. The lowest BCUT2D eigenvalue weighted by Gasteiger charge is -2.19. The van der Waals surface area contributed by atoms with Crippen LogP contribution in [0.15, 0.2) is 30.3 Å². The summed E-state index contributed by atoms with van der Waals surface area (Å²) in [4.78, 5) is 13.6. The molecular formula is C14H17NO3. The number of nitrogens with zero attached hydrogens (tertiary/aromatic N) is 1. The first-order valence-corrected chi connectivity index (χ1v) is 6.36. The van der Waals surface area contributed by atoms with Crippen LogP contribution in [0.3, 0.4) is 0 Å². The molecule has 1 aliphatic carbocycles. The molecule has 0 bridgehead atoms. The van der Waals surface area contributed by atoms with E-state index in [-0.39, 0.29) is 12.7 Å². The van der Waals surface area contributed by atoms with Crippen LogP contribution in [-0.2, 0) is 11.3 Å². The van der Waals surface area contributed by atoms with Crippen molar-refractivity contribution in [3.8, 4) is 0 Å². The molecule has 1 aromatic carbocycles. The van der Waals surface area contributed by atoms with Crippen molar-refractivity contribution in [3.63, 3.8) is 0 Å². The predicted octanol–water partition coefficient (Wildman–Crippen LogP) is 1.49. The highest BCUT2D eigenvalue weighted by Crippen LogP contribution is 2.51. The first kappa shape index (κ1) is 11.5. The van der Waals surface area contributed by atoms with Gasteiger partial charge in [-0.15, -0.1) is 0 Å². The van der Waals surface area contributed by atoms with E-state index < -0.39 is 0 Å². The van der Waals surface area contributed by atoms with Gasteiger partial charge in [0.1, 0.15) is 6.61 Å². The summed E-state index contributed by atoms with van der Waals surface area (Å²) in [5, 5.41) is 9.05. The lowest BCUT2D eigenvalue weighted by molar-refractivity contribution is 0.0967. The summed E-state index contributed by atoms with van der Waals surface area (Å²) < 4.78 is 5.27. The van der Waals surface area contributed by atoms with E-state index in [1.807, 2.05) is 30.3 Å². The van der Waals surface area contributed by atoms with Crippen molar-refractivity contribution in [1.29, 1.82) is 0 Å². The van der Waals surface area contributed by atoms with Crippen LogP contribution in [0.25, 0.3) is 0 Å². The van der Waals surface area contributed by atoms with E-state index in [0.717, 1.165) is 18.7 Å². The Hall–Kier alpha value is -1.55. The zero-order chi connectivity index (χ0) is 12.5. The maximum absolute atomic E-state index is 11.8. The third-order valence-electron chi connectivity index (χ3n) is 4.05. The van der Waals surface area contributed by atoms with Crippen molar-refractivity contribution in [1.82, 2.24) is 4.90 Å². The number of hydrogen-bond donors (Lipinski definition) is 1. The van der Waals surface area contributed by atoms with Gasteiger partial charge >= 0.3 is 6.09 Å². The van der Waals surface area contributed by atoms with Gasteiger partial charge in [0, 0.05) is 19.7 Å². The highest BCUT2D eigenvalue weighted by Gasteiger charge is 2.56. The Balaban J connectivity index is 1.46. The molecule has 0 spiro atoms. The van der Waals surface area contributed by atoms with E-state index in [0.29, 0.717) is 24.4 Å². The van der Waals surface area contributed by atoms with Crippen LogP contribution in [0.1, 0.15) is 5.56 Å². The zero-order valence-corrected chi connectivity index (χ0v) is 10.2. The van der Waals surface area contributed by atoms with Gasteiger partial charge in [-0.1, -0.05) is 30.3 Å². The highest BCUT2D eigenvalue weighted by atomic mass is 16.6. The molecular weight excluding hydrogens is 230 g/mol. The predicted molar refractivity (Wildman–Crippen MR) is 65.8 cm³/mol. The largest absolute Gasteiger partial charge is 0.445 e. The second kappa shape index (κ2) is 4.61. The van der Waals surface area contributed by atoms with Crippen LogP contribution < -0.4 is 0 Å². The summed E-state index contributed by atoms with van der Waals surface area (Å²) in [5.41, 5.74) is 1.00. The number of carbonyl (C=O) groups excluding carboxylic acids is 1. The smallest absolute Gasteiger partial charge is 0.410 e. The van der Waals surface area contributed by atoms with Crippen molar-refractivity contribution >= 4 is 6.09 Å². The van der Waals surface area contributed by atoms with Crippen molar-refractivity contribution in [3.05, 3.63) is 35.9 Å². The normalized spacial score (nSPS) is 28.9. The first-order chi connectivity index (χ1) is 8.79. The van der Waals surface area contributed by atoms with Gasteiger partial charge in [0.2, 0.25) is 0 Å². The van der Waals surface area contributed by atoms with Gasteiger partial charge in [-0.2, -0.15) is 0 Å². The quantitative estimate of drug-likeness (QED) is 0.880. The minimum atomic E-state index is -0.234. The minimum Gasteiger partial charge on any atom is -0.445 e. The molecule has 1 aliphatic heterocycles. The van der Waals surface area contributed by atoms with Crippen LogP contribution in [0.4, 0.5) is 4.79 Å². The summed E-state index contributed by atoms with van der Waals surface area (Å²) in [5.74, 6) is 1.42. The van der Waals surface area contributed by atoms with Crippen LogP contribution in [-0.4, -0.2) is 35.8 Å². The van der Waals surface area contributed by atoms with E-state index in [1.54, 1.807) is 4.90 Å². The summed E-state index contributed by atoms with van der Waals surface area (Å²) in [6.45, 7) is 2.06. The maximum atomic E-state index is 11.8. The molecule has 2 fully saturated rings. The Bertz CT molecular complexity index is 422. The molecule has 4 nitrogen and oxygen atoms in total. The number of amides is 1. The standard InChI is InChI=1S/C14H17NO3/c16-8-13-11-6-15(7-12(11)13)14(17)18-9-10-4-2-1-3-5-10/h1-5,11-13,16H,6-9H2. The van der Waals surface area contributed by atoms with Crippen molar-refractivity contribution in [2.24, 2.45) is 17.8 Å². The molecule has 1 saturated heterocycles. The molecule has 18 heavy (non-hydrogen) atoms.